The Balaban J connectivity index is 1.68. The van der Waals surface area contributed by atoms with Crippen molar-refractivity contribution in [3.63, 3.8) is 0 Å². The molecule has 0 aliphatic carbocycles. The van der Waals surface area contributed by atoms with Crippen molar-refractivity contribution in [3.05, 3.63) is 72.2 Å². The number of amides is 1. The van der Waals surface area contributed by atoms with Gasteiger partial charge in [-0.2, -0.15) is 13.2 Å². The van der Waals surface area contributed by atoms with Crippen molar-refractivity contribution in [2.45, 2.75) is 6.18 Å². The maximum absolute atomic E-state index is 12.8. The van der Waals surface area contributed by atoms with E-state index in [2.05, 4.69) is 20.6 Å². The van der Waals surface area contributed by atoms with Gasteiger partial charge in [-0.15, -0.1) is 0 Å². The van der Waals surface area contributed by atoms with E-state index in [1.807, 2.05) is 0 Å². The third-order valence-corrected chi connectivity index (χ3v) is 3.67. The van der Waals surface area contributed by atoms with Gasteiger partial charge in [0.05, 0.1) is 25.1 Å². The number of benzene rings is 2. The molecule has 1 heterocycles. The topological polar surface area (TPSA) is 76.1 Å². The monoisotopic (exact) mass is 388 g/mol. The van der Waals surface area contributed by atoms with Gasteiger partial charge >= 0.3 is 6.18 Å². The first-order valence-electron chi connectivity index (χ1n) is 8.07. The summed E-state index contributed by atoms with van der Waals surface area (Å²) in [5.74, 6) is 0.313. The van der Waals surface area contributed by atoms with E-state index < -0.39 is 17.6 Å². The summed E-state index contributed by atoms with van der Waals surface area (Å²) in [5, 5.41) is 5.38. The Bertz CT molecular complexity index is 975. The normalized spacial score (nSPS) is 11.0. The van der Waals surface area contributed by atoms with Crippen LogP contribution in [0.3, 0.4) is 0 Å². The molecule has 0 saturated carbocycles. The van der Waals surface area contributed by atoms with Gasteiger partial charge in [0.2, 0.25) is 0 Å². The maximum atomic E-state index is 12.8. The highest BCUT2D eigenvalue weighted by Crippen LogP contribution is 2.31. The molecule has 0 spiro atoms. The average Bonchev–Trinajstić information content (AvgIpc) is 2.68. The zero-order valence-electron chi connectivity index (χ0n) is 14.6. The SMILES string of the molecule is COc1cccc(NC(=O)c2cnc(Nc3cccc(C(F)(F)F)c3)cn2)c1. The van der Waals surface area contributed by atoms with Crippen molar-refractivity contribution in [2.24, 2.45) is 0 Å². The molecule has 1 aromatic heterocycles. The Labute approximate surface area is 158 Å². The molecule has 9 heteroatoms. The standard InChI is InChI=1S/C19H15F3N4O2/c1-28-15-7-3-6-14(9-15)26-18(27)16-10-24-17(11-23-16)25-13-5-2-4-12(8-13)19(20,21)22/h2-11H,1H3,(H,24,25)(H,26,27). The number of rotatable bonds is 5. The Hall–Kier alpha value is -3.62. The minimum absolute atomic E-state index is 0.0532. The average molecular weight is 388 g/mol. The van der Waals surface area contributed by atoms with Crippen molar-refractivity contribution >= 4 is 23.1 Å². The molecule has 0 saturated heterocycles. The van der Waals surface area contributed by atoms with Gasteiger partial charge in [0, 0.05) is 17.4 Å². The quantitative estimate of drug-likeness (QED) is 0.673. The molecule has 0 bridgehead atoms. The number of nitrogens with zero attached hydrogens (tertiary/aromatic N) is 2. The smallest absolute Gasteiger partial charge is 0.416 e. The van der Waals surface area contributed by atoms with Crippen LogP contribution in [0.2, 0.25) is 0 Å². The van der Waals surface area contributed by atoms with Crippen molar-refractivity contribution in [2.75, 3.05) is 17.7 Å². The number of carbonyl (C=O) groups is 1. The number of alkyl halides is 3. The number of aromatic nitrogens is 2. The molecule has 0 fully saturated rings. The predicted octanol–water partition coefficient (Wildman–Crippen LogP) is 4.50. The molecule has 28 heavy (non-hydrogen) atoms. The van der Waals surface area contributed by atoms with Gasteiger partial charge in [-0.3, -0.25) is 4.79 Å². The summed E-state index contributed by atoms with van der Waals surface area (Å²) in [7, 11) is 1.52. The van der Waals surface area contributed by atoms with E-state index >= 15 is 0 Å². The Morgan fingerprint density at radius 1 is 1.00 bits per heavy atom. The highest BCUT2D eigenvalue weighted by molar-refractivity contribution is 6.02. The van der Waals surface area contributed by atoms with E-state index in [-0.39, 0.29) is 17.2 Å². The Kier molecular flexibility index (Phi) is 5.44. The fraction of sp³-hybridized carbons (Fsp3) is 0.105. The van der Waals surface area contributed by atoms with Gasteiger partial charge in [-0.25, -0.2) is 9.97 Å². The number of ether oxygens (including phenoxy) is 1. The lowest BCUT2D eigenvalue weighted by molar-refractivity contribution is -0.137. The van der Waals surface area contributed by atoms with Crippen LogP contribution >= 0.6 is 0 Å². The molecule has 0 aliphatic rings. The molecular formula is C19H15F3N4O2. The van der Waals surface area contributed by atoms with Crippen LogP contribution in [-0.4, -0.2) is 23.0 Å². The molecule has 0 unspecified atom stereocenters. The van der Waals surface area contributed by atoms with E-state index in [0.29, 0.717) is 11.4 Å². The van der Waals surface area contributed by atoms with Gasteiger partial charge in [-0.1, -0.05) is 12.1 Å². The van der Waals surface area contributed by atoms with Gasteiger partial charge in [0.1, 0.15) is 17.3 Å². The van der Waals surface area contributed by atoms with E-state index in [1.165, 1.54) is 31.6 Å². The summed E-state index contributed by atoms with van der Waals surface area (Å²) in [4.78, 5) is 20.3. The van der Waals surface area contributed by atoms with Crippen LogP contribution in [0.25, 0.3) is 0 Å². The molecule has 6 nitrogen and oxygen atoms in total. The minimum Gasteiger partial charge on any atom is -0.497 e. The zero-order chi connectivity index (χ0) is 20.1. The van der Waals surface area contributed by atoms with Gasteiger partial charge in [0.25, 0.3) is 5.91 Å². The number of halogens is 3. The summed E-state index contributed by atoms with van der Waals surface area (Å²) in [6, 6.07) is 11.5. The molecule has 2 aromatic carbocycles. The van der Waals surface area contributed by atoms with E-state index in [0.717, 1.165) is 12.1 Å². The summed E-state index contributed by atoms with van der Waals surface area (Å²) in [5.41, 5.74) is 0.00665. The van der Waals surface area contributed by atoms with Crippen LogP contribution in [0.5, 0.6) is 5.75 Å². The lowest BCUT2D eigenvalue weighted by atomic mass is 10.2. The zero-order valence-corrected chi connectivity index (χ0v) is 14.6. The molecule has 3 rings (SSSR count). The minimum atomic E-state index is -4.44. The third kappa shape index (κ3) is 4.76. The second-order valence-corrected chi connectivity index (χ2v) is 5.68. The van der Waals surface area contributed by atoms with E-state index in [9.17, 15) is 18.0 Å². The van der Waals surface area contributed by atoms with Crippen LogP contribution in [0, 0.1) is 0 Å². The van der Waals surface area contributed by atoms with Crippen molar-refractivity contribution in [1.82, 2.24) is 9.97 Å². The van der Waals surface area contributed by atoms with Crippen LogP contribution in [0.1, 0.15) is 16.1 Å². The fourth-order valence-electron chi connectivity index (χ4n) is 2.33. The highest BCUT2D eigenvalue weighted by Gasteiger charge is 2.30. The first-order chi connectivity index (χ1) is 13.3. The van der Waals surface area contributed by atoms with E-state index in [1.54, 1.807) is 24.3 Å². The fourth-order valence-corrected chi connectivity index (χ4v) is 2.33. The van der Waals surface area contributed by atoms with Crippen molar-refractivity contribution < 1.29 is 22.7 Å². The van der Waals surface area contributed by atoms with Crippen molar-refractivity contribution in [3.8, 4) is 5.75 Å². The van der Waals surface area contributed by atoms with E-state index in [4.69, 9.17) is 4.74 Å². The lowest BCUT2D eigenvalue weighted by Crippen LogP contribution is -2.14. The number of hydrogen-bond acceptors (Lipinski definition) is 5. The molecule has 1 amide bonds. The molecule has 3 aromatic rings. The largest absolute Gasteiger partial charge is 0.497 e. The van der Waals surface area contributed by atoms with Crippen LogP contribution in [0.15, 0.2) is 60.9 Å². The maximum Gasteiger partial charge on any atom is 0.416 e. The van der Waals surface area contributed by atoms with Crippen LogP contribution in [-0.2, 0) is 6.18 Å². The number of nitrogens with one attached hydrogen (secondary N) is 2. The number of anilines is 3. The first-order valence-corrected chi connectivity index (χ1v) is 8.07. The molecule has 0 atom stereocenters. The molecule has 0 radical (unpaired) electrons. The number of hydrogen-bond donors (Lipinski definition) is 2. The summed E-state index contributed by atoms with van der Waals surface area (Å²) < 4.78 is 43.4. The predicted molar refractivity (Wildman–Crippen MR) is 97.7 cm³/mol. The van der Waals surface area contributed by atoms with Gasteiger partial charge < -0.3 is 15.4 Å². The summed E-state index contributed by atoms with van der Waals surface area (Å²) >= 11 is 0. The van der Waals surface area contributed by atoms with Crippen molar-refractivity contribution in [1.29, 1.82) is 0 Å². The van der Waals surface area contributed by atoms with Crippen LogP contribution < -0.4 is 15.4 Å². The second kappa shape index (κ2) is 7.95. The molecule has 0 aliphatic heterocycles. The summed E-state index contributed by atoms with van der Waals surface area (Å²) in [6.07, 6.45) is -1.95. The van der Waals surface area contributed by atoms with Crippen LogP contribution in [0.4, 0.5) is 30.4 Å². The second-order valence-electron chi connectivity index (χ2n) is 5.68. The number of methoxy groups -OCH3 is 1. The highest BCUT2D eigenvalue weighted by atomic mass is 19.4. The summed E-state index contributed by atoms with van der Waals surface area (Å²) in [6.45, 7) is 0. The third-order valence-electron chi connectivity index (χ3n) is 3.67. The molecule has 144 valence electrons. The Morgan fingerprint density at radius 3 is 2.43 bits per heavy atom. The first kappa shape index (κ1) is 19.2. The Morgan fingerprint density at radius 2 is 1.75 bits per heavy atom. The molecule has 2 N–H and O–H groups in total. The molecular weight excluding hydrogens is 373 g/mol. The number of carbonyl (C=O) groups excluding carboxylic acids is 1. The lowest BCUT2D eigenvalue weighted by Gasteiger charge is -2.10. The van der Waals surface area contributed by atoms with Gasteiger partial charge in [0.15, 0.2) is 0 Å². The van der Waals surface area contributed by atoms with Gasteiger partial charge in [-0.05, 0) is 30.3 Å².